The maximum atomic E-state index is 11.2. The highest BCUT2D eigenvalue weighted by Crippen LogP contribution is 2.36. The van der Waals surface area contributed by atoms with E-state index in [2.05, 4.69) is 29.3 Å². The van der Waals surface area contributed by atoms with Gasteiger partial charge in [0.25, 0.3) is 0 Å². The Labute approximate surface area is 130 Å². The minimum atomic E-state index is -1.32. The SMILES string of the molecule is CN(C)CC1CCC(CC2(N)N=C(N)NC=C2[N+](=O)[O-])CC1. The van der Waals surface area contributed by atoms with Gasteiger partial charge in [0.05, 0.1) is 11.1 Å². The van der Waals surface area contributed by atoms with Gasteiger partial charge in [-0.25, -0.2) is 4.99 Å². The number of nitrogens with one attached hydrogen (secondary N) is 1. The van der Waals surface area contributed by atoms with Crippen molar-refractivity contribution in [3.05, 3.63) is 22.0 Å². The lowest BCUT2D eigenvalue weighted by Crippen LogP contribution is -2.51. The van der Waals surface area contributed by atoms with Crippen LogP contribution in [0, 0.1) is 22.0 Å². The van der Waals surface area contributed by atoms with Crippen molar-refractivity contribution in [2.75, 3.05) is 20.6 Å². The molecule has 1 aliphatic carbocycles. The fourth-order valence-corrected chi connectivity index (χ4v) is 3.51. The number of nitro groups is 1. The van der Waals surface area contributed by atoms with Crippen LogP contribution < -0.4 is 16.8 Å². The molecule has 1 aliphatic heterocycles. The Morgan fingerprint density at radius 1 is 1.41 bits per heavy atom. The first kappa shape index (κ1) is 16.7. The summed E-state index contributed by atoms with van der Waals surface area (Å²) in [4.78, 5) is 17.1. The van der Waals surface area contributed by atoms with E-state index in [1.165, 1.54) is 6.20 Å². The van der Waals surface area contributed by atoms with Crippen LogP contribution in [0.4, 0.5) is 0 Å². The van der Waals surface area contributed by atoms with Gasteiger partial charge in [0.2, 0.25) is 5.66 Å². The van der Waals surface area contributed by atoms with Crippen molar-refractivity contribution >= 4 is 5.96 Å². The number of nitrogens with zero attached hydrogens (tertiary/aromatic N) is 3. The average Bonchev–Trinajstić information content (AvgIpc) is 2.39. The summed E-state index contributed by atoms with van der Waals surface area (Å²) in [6, 6.07) is 0. The van der Waals surface area contributed by atoms with Crippen LogP contribution in [0.25, 0.3) is 0 Å². The van der Waals surface area contributed by atoms with Crippen LogP contribution in [0.15, 0.2) is 16.9 Å². The Kier molecular flexibility index (Phi) is 5.02. The average molecular weight is 310 g/mol. The predicted molar refractivity (Wildman–Crippen MR) is 85.4 cm³/mol. The lowest BCUT2D eigenvalue weighted by molar-refractivity contribution is -0.436. The summed E-state index contributed by atoms with van der Waals surface area (Å²) in [5.74, 6) is 1.18. The molecule has 1 heterocycles. The van der Waals surface area contributed by atoms with Crippen molar-refractivity contribution < 1.29 is 4.92 Å². The summed E-state index contributed by atoms with van der Waals surface area (Å²) in [5.41, 5.74) is 10.4. The summed E-state index contributed by atoms with van der Waals surface area (Å²) in [5, 5.41) is 13.8. The van der Waals surface area contributed by atoms with Gasteiger partial charge in [-0.05, 0) is 58.0 Å². The van der Waals surface area contributed by atoms with Crippen molar-refractivity contribution in [2.45, 2.75) is 37.8 Å². The second-order valence-corrected chi connectivity index (χ2v) is 6.71. The van der Waals surface area contributed by atoms with Crippen LogP contribution in [-0.2, 0) is 0 Å². The molecule has 1 saturated carbocycles. The molecule has 2 rings (SSSR count). The highest BCUT2D eigenvalue weighted by molar-refractivity contribution is 5.80. The van der Waals surface area contributed by atoms with Crippen LogP contribution in [0.5, 0.6) is 0 Å². The maximum absolute atomic E-state index is 11.2. The van der Waals surface area contributed by atoms with Gasteiger partial charge in [-0.3, -0.25) is 15.8 Å². The largest absolute Gasteiger partial charge is 0.370 e. The Morgan fingerprint density at radius 3 is 2.55 bits per heavy atom. The first-order chi connectivity index (χ1) is 10.3. The third-order valence-corrected chi connectivity index (χ3v) is 4.51. The molecule has 124 valence electrons. The van der Waals surface area contributed by atoms with Crippen molar-refractivity contribution in [2.24, 2.45) is 28.3 Å². The minimum Gasteiger partial charge on any atom is -0.370 e. The smallest absolute Gasteiger partial charge is 0.303 e. The molecule has 1 unspecified atom stereocenters. The van der Waals surface area contributed by atoms with Crippen LogP contribution in [-0.4, -0.2) is 42.1 Å². The quantitative estimate of drug-likeness (QED) is 0.500. The van der Waals surface area contributed by atoms with E-state index in [1.54, 1.807) is 0 Å². The Bertz CT molecular complexity index is 482. The van der Waals surface area contributed by atoms with Crippen LogP contribution >= 0.6 is 0 Å². The van der Waals surface area contributed by atoms with E-state index in [0.717, 1.165) is 32.2 Å². The van der Waals surface area contributed by atoms with Crippen LogP contribution in [0.2, 0.25) is 0 Å². The number of guanidine groups is 1. The molecule has 0 aromatic rings. The van der Waals surface area contributed by atoms with Gasteiger partial charge in [0.15, 0.2) is 5.96 Å². The van der Waals surface area contributed by atoms with Gasteiger partial charge in [0.1, 0.15) is 0 Å². The van der Waals surface area contributed by atoms with Crippen molar-refractivity contribution in [3.63, 3.8) is 0 Å². The van der Waals surface area contributed by atoms with Gasteiger partial charge in [-0.15, -0.1) is 0 Å². The third kappa shape index (κ3) is 3.95. The van der Waals surface area contributed by atoms with Gasteiger partial charge >= 0.3 is 5.70 Å². The molecule has 0 aromatic heterocycles. The maximum Gasteiger partial charge on any atom is 0.303 e. The molecule has 0 bridgehead atoms. The van der Waals surface area contributed by atoms with E-state index in [-0.39, 0.29) is 11.7 Å². The summed E-state index contributed by atoms with van der Waals surface area (Å²) in [6.07, 6.45) is 6.06. The van der Waals surface area contributed by atoms with Crippen molar-refractivity contribution in [3.8, 4) is 0 Å². The van der Waals surface area contributed by atoms with Gasteiger partial charge in [-0.1, -0.05) is 0 Å². The Morgan fingerprint density at radius 2 is 2.00 bits per heavy atom. The topological polar surface area (TPSA) is 123 Å². The van der Waals surface area contributed by atoms with E-state index in [1.807, 2.05) is 0 Å². The fraction of sp³-hybridized carbons (Fsp3) is 0.786. The molecule has 5 N–H and O–H groups in total. The molecule has 22 heavy (non-hydrogen) atoms. The number of nitrogens with two attached hydrogens (primary N) is 2. The van der Waals surface area contributed by atoms with Crippen LogP contribution in [0.3, 0.4) is 0 Å². The zero-order valence-electron chi connectivity index (χ0n) is 13.3. The van der Waals surface area contributed by atoms with Gasteiger partial charge < -0.3 is 16.0 Å². The van der Waals surface area contributed by atoms with E-state index in [9.17, 15) is 10.1 Å². The summed E-state index contributed by atoms with van der Waals surface area (Å²) in [7, 11) is 4.17. The standard InChI is InChI=1S/C14H26N6O2/c1-19(2)9-11-5-3-10(4-6-11)7-14(16)12(20(21)22)8-17-13(15)18-14/h8,10-11H,3-7,9,16H2,1-2H3,(H3,15,17,18). The van der Waals surface area contributed by atoms with Crippen molar-refractivity contribution in [1.82, 2.24) is 10.2 Å². The molecule has 8 nitrogen and oxygen atoms in total. The molecule has 0 aromatic carbocycles. The molecule has 0 spiro atoms. The molecule has 0 saturated heterocycles. The van der Waals surface area contributed by atoms with E-state index < -0.39 is 10.6 Å². The van der Waals surface area contributed by atoms with Crippen molar-refractivity contribution in [1.29, 1.82) is 0 Å². The number of hydrogen-bond acceptors (Lipinski definition) is 7. The molecule has 0 radical (unpaired) electrons. The lowest BCUT2D eigenvalue weighted by atomic mass is 9.77. The van der Waals surface area contributed by atoms with Gasteiger partial charge in [-0.2, -0.15) is 0 Å². The second-order valence-electron chi connectivity index (χ2n) is 6.71. The van der Waals surface area contributed by atoms with E-state index in [0.29, 0.717) is 18.3 Å². The molecular weight excluding hydrogens is 284 g/mol. The summed E-state index contributed by atoms with van der Waals surface area (Å²) >= 11 is 0. The first-order valence-corrected chi connectivity index (χ1v) is 7.70. The number of aliphatic imine (C=N–C) groups is 1. The summed E-state index contributed by atoms with van der Waals surface area (Å²) in [6.45, 7) is 1.09. The lowest BCUT2D eigenvalue weighted by Gasteiger charge is -2.34. The zero-order valence-corrected chi connectivity index (χ0v) is 13.3. The van der Waals surface area contributed by atoms with Crippen LogP contribution in [0.1, 0.15) is 32.1 Å². The Hall–Kier alpha value is -1.67. The normalized spacial score (nSPS) is 32.2. The number of rotatable bonds is 5. The second kappa shape index (κ2) is 6.62. The molecule has 0 amide bonds. The fourth-order valence-electron chi connectivity index (χ4n) is 3.51. The zero-order chi connectivity index (χ0) is 16.3. The molecule has 1 atom stereocenters. The highest BCUT2D eigenvalue weighted by atomic mass is 16.6. The number of hydrogen-bond donors (Lipinski definition) is 3. The predicted octanol–water partition coefficient (Wildman–Crippen LogP) is 0.436. The summed E-state index contributed by atoms with van der Waals surface area (Å²) < 4.78 is 0. The monoisotopic (exact) mass is 310 g/mol. The van der Waals surface area contributed by atoms with E-state index in [4.69, 9.17) is 11.5 Å². The first-order valence-electron chi connectivity index (χ1n) is 7.70. The van der Waals surface area contributed by atoms with Gasteiger partial charge in [0, 0.05) is 6.54 Å². The molecular formula is C14H26N6O2. The van der Waals surface area contributed by atoms with E-state index >= 15 is 0 Å². The minimum absolute atomic E-state index is 0.114. The Balaban J connectivity index is 1.99. The third-order valence-electron chi connectivity index (χ3n) is 4.51. The molecule has 1 fully saturated rings. The molecule has 2 aliphatic rings. The molecule has 8 heteroatoms. The highest BCUT2D eigenvalue weighted by Gasteiger charge is 2.43.